The topological polar surface area (TPSA) is 58.6 Å². The van der Waals surface area contributed by atoms with Crippen LogP contribution in [-0.4, -0.2) is 35.4 Å². The predicted molar refractivity (Wildman–Crippen MR) is 140 cm³/mol. The van der Waals surface area contributed by atoms with Crippen molar-refractivity contribution in [1.82, 2.24) is 10.2 Å². The zero-order valence-corrected chi connectivity index (χ0v) is 22.7. The van der Waals surface area contributed by atoms with Crippen molar-refractivity contribution in [3.8, 4) is 5.75 Å². The van der Waals surface area contributed by atoms with Gasteiger partial charge in [-0.3, -0.25) is 9.59 Å². The third-order valence-corrected chi connectivity index (χ3v) is 7.79. The lowest BCUT2D eigenvalue weighted by Gasteiger charge is -2.32. The highest BCUT2D eigenvalue weighted by Crippen LogP contribution is 2.25. The lowest BCUT2D eigenvalue weighted by molar-refractivity contribution is -0.143. The third kappa shape index (κ3) is 7.37. The Morgan fingerprint density at radius 3 is 2.50 bits per heavy atom. The van der Waals surface area contributed by atoms with Crippen molar-refractivity contribution in [1.29, 1.82) is 0 Å². The fourth-order valence-electron chi connectivity index (χ4n) is 4.23. The number of hydrogen-bond acceptors (Lipinski definition) is 3. The number of halogens is 3. The first-order valence-electron chi connectivity index (χ1n) is 11.7. The molecule has 2 amide bonds. The Bertz CT molecular complexity index is 1010. The molecule has 5 nitrogen and oxygen atoms in total. The minimum Gasteiger partial charge on any atom is -0.484 e. The minimum absolute atomic E-state index is 0.123. The second-order valence-corrected chi connectivity index (χ2v) is 10.4. The van der Waals surface area contributed by atoms with Gasteiger partial charge in [-0.25, -0.2) is 0 Å². The molecule has 0 aromatic heterocycles. The van der Waals surface area contributed by atoms with Gasteiger partial charge in [0.25, 0.3) is 5.91 Å². The van der Waals surface area contributed by atoms with Crippen molar-refractivity contribution < 1.29 is 14.3 Å². The van der Waals surface area contributed by atoms with Crippen LogP contribution in [0.3, 0.4) is 0 Å². The molecule has 0 aliphatic heterocycles. The average molecular weight is 570 g/mol. The summed E-state index contributed by atoms with van der Waals surface area (Å²) in [4.78, 5) is 28.2. The Balaban J connectivity index is 1.78. The van der Waals surface area contributed by atoms with E-state index >= 15 is 0 Å². The third-order valence-electron chi connectivity index (χ3n) is 6.17. The summed E-state index contributed by atoms with van der Waals surface area (Å²) in [6.07, 6.45) is 5.90. The fraction of sp³-hybridized carbons (Fsp3) is 0.462. The number of amides is 2. The van der Waals surface area contributed by atoms with Crippen LogP contribution in [0.25, 0.3) is 0 Å². The summed E-state index contributed by atoms with van der Waals surface area (Å²) >= 11 is 15.7. The molecule has 0 saturated heterocycles. The van der Waals surface area contributed by atoms with Gasteiger partial charge in [0, 0.05) is 17.1 Å². The average Bonchev–Trinajstić information content (AvgIpc) is 2.82. The SMILES string of the molecule is CCC(C(=O)NC1CCCCC1)N(Cc1ccc(Cl)c(Cl)c1)C(=O)COc1ccc(Br)c(C)c1. The number of carbonyl (C=O) groups is 2. The van der Waals surface area contributed by atoms with E-state index in [9.17, 15) is 9.59 Å². The van der Waals surface area contributed by atoms with Gasteiger partial charge in [0.1, 0.15) is 11.8 Å². The monoisotopic (exact) mass is 568 g/mol. The van der Waals surface area contributed by atoms with Gasteiger partial charge in [-0.2, -0.15) is 0 Å². The number of carbonyl (C=O) groups excluding carboxylic acids is 2. The Morgan fingerprint density at radius 2 is 1.85 bits per heavy atom. The molecule has 1 aliphatic rings. The molecule has 0 spiro atoms. The molecule has 0 radical (unpaired) electrons. The maximum Gasteiger partial charge on any atom is 0.261 e. The molecule has 34 heavy (non-hydrogen) atoms. The number of hydrogen-bond donors (Lipinski definition) is 1. The Hall–Kier alpha value is -1.76. The van der Waals surface area contributed by atoms with E-state index < -0.39 is 6.04 Å². The summed E-state index contributed by atoms with van der Waals surface area (Å²) in [7, 11) is 0. The van der Waals surface area contributed by atoms with Gasteiger partial charge >= 0.3 is 0 Å². The molecular weight excluding hydrogens is 539 g/mol. The normalized spacial score (nSPS) is 15.0. The summed E-state index contributed by atoms with van der Waals surface area (Å²) in [5, 5.41) is 4.03. The van der Waals surface area contributed by atoms with E-state index in [0.29, 0.717) is 22.2 Å². The van der Waals surface area contributed by atoms with Gasteiger partial charge in [-0.15, -0.1) is 0 Å². The molecule has 8 heteroatoms. The lowest BCUT2D eigenvalue weighted by Crippen LogP contribution is -2.52. The smallest absolute Gasteiger partial charge is 0.261 e. The van der Waals surface area contributed by atoms with Gasteiger partial charge in [-0.1, -0.05) is 71.4 Å². The Kier molecular flexibility index (Phi) is 10.1. The molecule has 2 aromatic rings. The van der Waals surface area contributed by atoms with Gasteiger partial charge in [0.05, 0.1) is 10.0 Å². The van der Waals surface area contributed by atoms with Crippen molar-refractivity contribution in [3.63, 3.8) is 0 Å². The maximum atomic E-state index is 13.4. The molecule has 1 atom stereocenters. The zero-order valence-electron chi connectivity index (χ0n) is 19.6. The number of benzene rings is 2. The second kappa shape index (κ2) is 12.8. The zero-order chi connectivity index (χ0) is 24.7. The number of ether oxygens (including phenoxy) is 1. The van der Waals surface area contributed by atoms with E-state index in [1.807, 2.05) is 32.0 Å². The van der Waals surface area contributed by atoms with E-state index in [0.717, 1.165) is 41.3 Å². The summed E-state index contributed by atoms with van der Waals surface area (Å²) in [5.41, 5.74) is 1.81. The molecule has 0 heterocycles. The van der Waals surface area contributed by atoms with E-state index in [-0.39, 0.29) is 31.0 Å². The highest BCUT2D eigenvalue weighted by molar-refractivity contribution is 9.10. The van der Waals surface area contributed by atoms with E-state index in [1.165, 1.54) is 6.42 Å². The van der Waals surface area contributed by atoms with Crippen LogP contribution in [0, 0.1) is 6.92 Å². The van der Waals surface area contributed by atoms with Crippen molar-refractivity contribution in [2.75, 3.05) is 6.61 Å². The molecular formula is C26H31BrCl2N2O3. The molecule has 1 saturated carbocycles. The molecule has 184 valence electrons. The first-order valence-corrected chi connectivity index (χ1v) is 13.3. The Labute approximate surface area is 220 Å². The van der Waals surface area contributed by atoms with Crippen LogP contribution in [0.5, 0.6) is 5.75 Å². The van der Waals surface area contributed by atoms with Crippen molar-refractivity contribution in [2.24, 2.45) is 0 Å². The molecule has 3 rings (SSSR count). The van der Waals surface area contributed by atoms with Crippen LogP contribution in [0.1, 0.15) is 56.6 Å². The highest BCUT2D eigenvalue weighted by atomic mass is 79.9. The van der Waals surface area contributed by atoms with Crippen molar-refractivity contribution >= 4 is 50.9 Å². The summed E-state index contributed by atoms with van der Waals surface area (Å²) < 4.78 is 6.77. The van der Waals surface area contributed by atoms with Crippen LogP contribution < -0.4 is 10.1 Å². The van der Waals surface area contributed by atoms with Crippen LogP contribution in [0.4, 0.5) is 0 Å². The number of aryl methyl sites for hydroxylation is 1. The van der Waals surface area contributed by atoms with E-state index in [2.05, 4.69) is 21.2 Å². The second-order valence-electron chi connectivity index (χ2n) is 8.74. The van der Waals surface area contributed by atoms with E-state index in [4.69, 9.17) is 27.9 Å². The molecule has 2 aromatic carbocycles. The maximum absolute atomic E-state index is 13.4. The van der Waals surface area contributed by atoms with E-state index in [1.54, 1.807) is 23.1 Å². The quantitative estimate of drug-likeness (QED) is 0.365. The predicted octanol–water partition coefficient (Wildman–Crippen LogP) is 6.70. The number of nitrogens with zero attached hydrogens (tertiary/aromatic N) is 1. The summed E-state index contributed by atoms with van der Waals surface area (Å²) in [6, 6.07) is 10.4. The summed E-state index contributed by atoms with van der Waals surface area (Å²) in [5.74, 6) is 0.211. The van der Waals surface area contributed by atoms with Crippen LogP contribution in [0.2, 0.25) is 10.0 Å². The molecule has 1 aliphatic carbocycles. The number of rotatable bonds is 9. The van der Waals surface area contributed by atoms with Crippen LogP contribution in [0.15, 0.2) is 40.9 Å². The summed E-state index contributed by atoms with van der Waals surface area (Å²) in [6.45, 7) is 3.93. The first-order chi connectivity index (χ1) is 16.3. The number of nitrogens with one attached hydrogen (secondary N) is 1. The largest absolute Gasteiger partial charge is 0.484 e. The molecule has 1 fully saturated rings. The van der Waals surface area contributed by atoms with Crippen molar-refractivity contribution in [2.45, 2.75) is 71.0 Å². The molecule has 0 bridgehead atoms. The van der Waals surface area contributed by atoms with Gasteiger partial charge < -0.3 is 15.0 Å². The van der Waals surface area contributed by atoms with Crippen LogP contribution in [-0.2, 0) is 16.1 Å². The lowest BCUT2D eigenvalue weighted by atomic mass is 9.95. The fourth-order valence-corrected chi connectivity index (χ4v) is 4.80. The Morgan fingerprint density at radius 1 is 1.12 bits per heavy atom. The van der Waals surface area contributed by atoms with Gasteiger partial charge in [0.2, 0.25) is 5.91 Å². The van der Waals surface area contributed by atoms with Gasteiger partial charge in [0.15, 0.2) is 6.61 Å². The molecule has 1 N–H and O–H groups in total. The standard InChI is InChI=1S/C26H31BrCl2N2O3/c1-3-24(26(33)30-19-7-5-4-6-8-19)31(15-18-9-12-22(28)23(29)14-18)25(32)16-34-20-10-11-21(27)17(2)13-20/h9-14,19,24H,3-8,15-16H2,1-2H3,(H,30,33). The first kappa shape index (κ1) is 26.8. The van der Waals surface area contributed by atoms with Crippen molar-refractivity contribution in [3.05, 3.63) is 62.0 Å². The van der Waals surface area contributed by atoms with Gasteiger partial charge in [-0.05, 0) is 67.6 Å². The van der Waals surface area contributed by atoms with Crippen LogP contribution >= 0.6 is 39.1 Å². The highest BCUT2D eigenvalue weighted by Gasteiger charge is 2.30. The minimum atomic E-state index is -0.612. The molecule has 1 unspecified atom stereocenters.